The van der Waals surface area contributed by atoms with Crippen LogP contribution < -0.4 is 16.0 Å². The Hall–Kier alpha value is -10.0. The zero-order valence-corrected chi connectivity index (χ0v) is 68.4. The lowest BCUT2D eigenvalue weighted by Crippen LogP contribution is -2.49. The smallest absolute Gasteiger partial charge is 0.255 e. The zero-order chi connectivity index (χ0) is 78.7. The quantitative estimate of drug-likeness (QED) is 0.106. The maximum atomic E-state index is 13.3. The second-order valence-electron chi connectivity index (χ2n) is 33.1. The largest absolute Gasteiger partial charge is 0.351 e. The number of rotatable bonds is 12. The lowest BCUT2D eigenvalue weighted by molar-refractivity contribution is 0.0574. The molecule has 6 aliphatic heterocycles. The third-order valence-corrected chi connectivity index (χ3v) is 27.1. The topological polar surface area (TPSA) is 174 Å². The van der Waals surface area contributed by atoms with Crippen molar-refractivity contribution in [2.24, 2.45) is 0 Å². The summed E-state index contributed by atoms with van der Waals surface area (Å²) in [5, 5.41) is 16.7. The Balaban J connectivity index is 0.000000120. The number of carbonyl (C=O) groups excluding carboxylic acids is 3. The summed E-state index contributed by atoms with van der Waals surface area (Å²) < 4.78 is 0. The Bertz CT molecular complexity index is 5720. The zero-order valence-electron chi connectivity index (χ0n) is 65.4. The van der Waals surface area contributed by atoms with E-state index >= 15 is 0 Å². The summed E-state index contributed by atoms with van der Waals surface area (Å²) in [6.45, 7) is 8.20. The number of carbonyl (C=O) groups is 3. The maximum Gasteiger partial charge on any atom is 0.255 e. The number of hydrogen-bond donors (Lipinski definition) is 3. The number of anilines is 3. The summed E-state index contributed by atoms with van der Waals surface area (Å²) in [6.07, 6.45) is 21.4. The predicted octanol–water partition coefficient (Wildman–Crippen LogP) is 22.2. The molecule has 6 saturated heterocycles. The number of amides is 3. The summed E-state index contributed by atoms with van der Waals surface area (Å²) in [5.41, 5.74) is 22.1. The van der Waals surface area contributed by atoms with E-state index in [1.165, 1.54) is 83.0 Å². The van der Waals surface area contributed by atoms with Gasteiger partial charge < -0.3 is 30.7 Å². The first-order chi connectivity index (χ1) is 55.9. The Morgan fingerprint density at radius 3 is 1.10 bits per heavy atom. The standard InChI is InChI=1S/2C33H33ClN4O.C30H28Cl2N4O/c1-20-29-17-22(27-11-6-8-21-7-2-3-9-26(21)27)13-16-31(29)37-33(35-20)36-23-18-24-14-15-25(19-23)38(24)32(39)28-10-4-5-12-30(28)34;1-20-30-17-23(29-8-4-6-21-5-2-3-7-28(21)29)11-16-31(30)37-33(35-20)36-25-18-26-14-15-27(19-25)38(26)32(39)22-9-12-24(34)13-10-22;1-17-4-3-5-25(28(17)32)20-8-13-27-26(14-20)18(2)33-30(35-27)34-22-15-23-11-12-24(16-22)36(23)29(37)19-6-9-21(31)10-7-19/h4-6,8,10-13,16-17,23-25H,2-3,7,9,14-15,18-19H2,1H3,(H,35,36,37);4,6,8-13,16-17,25-27H,2-3,5,7,14-15,18-19H2,1H3,(H,35,36,37);3-10,13-14,22-24H,11-12,15-16H2,1-2H3,(H,33,34,35)/t23?,24-,25+;25?,26-,27+;22?,23-,24+. The molecule has 9 atom stereocenters. The van der Waals surface area contributed by atoms with Crippen LogP contribution in [-0.4, -0.2) is 117 Å². The first-order valence-electron chi connectivity index (χ1n) is 41.3. The van der Waals surface area contributed by atoms with Gasteiger partial charge in [-0.25, -0.2) is 29.9 Å². The van der Waals surface area contributed by atoms with Crippen LogP contribution in [0.25, 0.3) is 66.1 Å². The molecule has 3 N–H and O–H groups in total. The van der Waals surface area contributed by atoms with Crippen molar-refractivity contribution in [3.63, 3.8) is 0 Å². The van der Waals surface area contributed by atoms with E-state index in [4.69, 9.17) is 76.3 Å². The van der Waals surface area contributed by atoms with Gasteiger partial charge in [0.1, 0.15) is 0 Å². The molecule has 15 nitrogen and oxygen atoms in total. The van der Waals surface area contributed by atoms with E-state index in [0.29, 0.717) is 49.6 Å². The predicted molar refractivity (Wildman–Crippen MR) is 465 cm³/mol. The molecule has 2 aliphatic carbocycles. The normalized spacial score (nSPS) is 21.7. The van der Waals surface area contributed by atoms with Crippen LogP contribution in [0.2, 0.25) is 20.1 Å². The van der Waals surface area contributed by atoms with Gasteiger partial charge in [0.25, 0.3) is 17.7 Å². The highest BCUT2D eigenvalue weighted by Gasteiger charge is 2.47. The number of benzene rings is 9. The van der Waals surface area contributed by atoms with Crippen molar-refractivity contribution in [3.05, 3.63) is 264 Å². The van der Waals surface area contributed by atoms with Crippen molar-refractivity contribution in [2.75, 3.05) is 16.0 Å². The number of halogens is 4. The average molecular weight is 1610 g/mol. The first kappa shape index (κ1) is 76.3. The number of nitrogens with one attached hydrogen (secondary N) is 3. The van der Waals surface area contributed by atoms with Crippen molar-refractivity contribution >= 4 is 115 Å². The maximum absolute atomic E-state index is 13.3. The van der Waals surface area contributed by atoms with Crippen LogP contribution in [0.4, 0.5) is 17.8 Å². The van der Waals surface area contributed by atoms with Crippen molar-refractivity contribution in [2.45, 2.75) is 210 Å². The fourth-order valence-corrected chi connectivity index (χ4v) is 20.9. The van der Waals surface area contributed by atoms with Gasteiger partial charge in [-0.15, -0.1) is 0 Å². The number of piperidine rings is 3. The summed E-state index contributed by atoms with van der Waals surface area (Å²) in [4.78, 5) is 75.4. The molecule has 3 aromatic heterocycles. The van der Waals surface area contributed by atoms with Crippen LogP contribution in [0.5, 0.6) is 0 Å². The van der Waals surface area contributed by atoms with E-state index < -0.39 is 0 Å². The molecule has 0 spiro atoms. The van der Waals surface area contributed by atoms with Crippen molar-refractivity contribution in [1.82, 2.24) is 44.6 Å². The molecule has 3 amide bonds. The summed E-state index contributed by atoms with van der Waals surface area (Å²) in [6, 6.07) is 62.9. The van der Waals surface area contributed by atoms with Gasteiger partial charge in [-0.2, -0.15) is 0 Å². The minimum atomic E-state index is 0.0554. The van der Waals surface area contributed by atoms with Crippen molar-refractivity contribution in [1.29, 1.82) is 0 Å². The monoisotopic (exact) mass is 1600 g/mol. The molecule has 3 unspecified atom stereocenters. The SMILES string of the molecule is Cc1cccc(-c2ccc3nc(NC4C[C@H]5CC[C@@H](C4)N5C(=O)c4ccc(Cl)cc4)nc(C)c3c2)c1Cl.Cc1nc(NC2C[C@H]3CC[C@@H](C2)N3C(=O)c2ccc(Cl)cc2)nc2ccc(-c3cccc4c3CCCC4)cc12.Cc1nc(NC2C[C@H]3CC[C@@H](C2)N3C(=O)c2ccccc2Cl)nc2ccc(-c3cccc4c3CCCC4)cc12. The van der Waals surface area contributed by atoms with Crippen LogP contribution in [0, 0.1) is 27.7 Å². The fraction of sp³-hybridized carbons (Fsp3) is 0.344. The van der Waals surface area contributed by atoms with E-state index in [-0.39, 0.29) is 72.1 Å². The molecule has 0 radical (unpaired) electrons. The van der Waals surface area contributed by atoms with Crippen LogP contribution in [0.3, 0.4) is 0 Å². The van der Waals surface area contributed by atoms with Gasteiger partial charge in [0, 0.05) is 97.3 Å². The highest BCUT2D eigenvalue weighted by Crippen LogP contribution is 2.44. The minimum Gasteiger partial charge on any atom is -0.351 e. The van der Waals surface area contributed by atoms with Gasteiger partial charge in [-0.05, 0) is 309 Å². The van der Waals surface area contributed by atoms with Gasteiger partial charge in [0.05, 0.1) is 49.2 Å². The van der Waals surface area contributed by atoms with Gasteiger partial charge >= 0.3 is 0 Å². The third kappa shape index (κ3) is 15.6. The molecule has 6 fully saturated rings. The van der Waals surface area contributed by atoms with E-state index in [2.05, 4.69) is 129 Å². The summed E-state index contributed by atoms with van der Waals surface area (Å²) in [5.74, 6) is 2.29. The first-order valence-corrected chi connectivity index (χ1v) is 42.8. The number of fused-ring (bicyclic) bond motifs is 11. The summed E-state index contributed by atoms with van der Waals surface area (Å²) in [7, 11) is 0. The van der Waals surface area contributed by atoms with Crippen molar-refractivity contribution < 1.29 is 14.4 Å². The molecule has 12 aromatic rings. The molecule has 6 bridgehead atoms. The van der Waals surface area contributed by atoms with Gasteiger partial charge in [0.15, 0.2) is 0 Å². The number of aryl methyl sites for hydroxylation is 6. The molecule has 115 heavy (non-hydrogen) atoms. The van der Waals surface area contributed by atoms with Crippen LogP contribution >= 0.6 is 46.4 Å². The van der Waals surface area contributed by atoms with Crippen LogP contribution in [0.15, 0.2) is 182 Å². The Morgan fingerprint density at radius 1 is 0.357 bits per heavy atom. The van der Waals surface area contributed by atoms with E-state index in [1.807, 2.05) is 80.6 Å². The highest BCUT2D eigenvalue weighted by atomic mass is 35.5. The van der Waals surface area contributed by atoms with Gasteiger partial charge in [0.2, 0.25) is 17.8 Å². The second-order valence-corrected chi connectivity index (χ2v) is 34.7. The molecule has 584 valence electrons. The molecule has 0 saturated carbocycles. The lowest BCUT2D eigenvalue weighted by atomic mass is 9.86. The number of nitrogens with zero attached hydrogens (tertiary/aromatic N) is 9. The average Bonchev–Trinajstić information content (AvgIpc) is 1.73. The minimum absolute atomic E-state index is 0.0554. The second kappa shape index (κ2) is 32.6. The molecule has 9 heterocycles. The molecular weight excluding hydrogens is 1510 g/mol. The Kier molecular flexibility index (Phi) is 21.6. The third-order valence-electron chi connectivity index (χ3n) is 25.8. The lowest BCUT2D eigenvalue weighted by Gasteiger charge is -2.39. The Labute approximate surface area is 692 Å². The molecular formula is C96H94Cl4N12O3. The number of aromatic nitrogens is 6. The van der Waals surface area contributed by atoms with Crippen LogP contribution in [0.1, 0.15) is 179 Å². The number of hydrogen-bond acceptors (Lipinski definition) is 12. The van der Waals surface area contributed by atoms with E-state index in [9.17, 15) is 14.4 Å². The molecule has 19 heteroatoms. The van der Waals surface area contributed by atoms with Crippen molar-refractivity contribution in [3.8, 4) is 33.4 Å². The Morgan fingerprint density at radius 2 is 0.704 bits per heavy atom. The molecule has 9 aromatic carbocycles. The van der Waals surface area contributed by atoms with E-state index in [0.717, 1.165) is 161 Å². The fourth-order valence-electron chi connectivity index (χ4n) is 20.2. The molecule has 20 rings (SSSR count). The van der Waals surface area contributed by atoms with E-state index in [1.54, 1.807) is 30.3 Å². The van der Waals surface area contributed by atoms with Crippen LogP contribution in [-0.2, 0) is 25.7 Å². The summed E-state index contributed by atoms with van der Waals surface area (Å²) >= 11 is 25.0. The van der Waals surface area contributed by atoms with Gasteiger partial charge in [-0.1, -0.05) is 131 Å². The van der Waals surface area contributed by atoms with Gasteiger partial charge in [-0.3, -0.25) is 14.4 Å². The highest BCUT2D eigenvalue weighted by molar-refractivity contribution is 6.34. The molecule has 8 aliphatic rings.